The zero-order valence-electron chi connectivity index (χ0n) is 8.23. The lowest BCUT2D eigenvalue weighted by molar-refractivity contribution is -0.141. The second-order valence-electron chi connectivity index (χ2n) is 3.01. The molecule has 0 saturated carbocycles. The van der Waals surface area contributed by atoms with Gasteiger partial charge < -0.3 is 5.32 Å². The molecule has 0 spiro atoms. The first kappa shape index (κ1) is 13.0. The summed E-state index contributed by atoms with van der Waals surface area (Å²) in [6.07, 6.45) is -4.47. The molecule has 1 rings (SSSR count). The van der Waals surface area contributed by atoms with Crippen LogP contribution in [0.2, 0.25) is 0 Å². The first-order chi connectivity index (χ1) is 7.34. The van der Waals surface area contributed by atoms with Crippen LogP contribution in [-0.4, -0.2) is 16.2 Å². The maximum atomic E-state index is 12.3. The topological polar surface area (TPSA) is 42.0 Å². The van der Waals surface area contributed by atoms with Crippen molar-refractivity contribution in [1.29, 1.82) is 0 Å². The van der Waals surface area contributed by atoms with Crippen molar-refractivity contribution < 1.29 is 18.0 Å². The van der Waals surface area contributed by atoms with Gasteiger partial charge in [0.15, 0.2) is 0 Å². The van der Waals surface area contributed by atoms with Crippen molar-refractivity contribution in [2.75, 3.05) is 10.6 Å². The second kappa shape index (κ2) is 4.82. The Balaban J connectivity index is 2.96. The van der Waals surface area contributed by atoms with Crippen molar-refractivity contribution in [1.82, 2.24) is 4.98 Å². The van der Waals surface area contributed by atoms with E-state index in [2.05, 4.69) is 26.2 Å². The molecule has 3 nitrogen and oxygen atoms in total. The molecule has 0 fully saturated rings. The number of aryl methyl sites for hydroxylation is 1. The van der Waals surface area contributed by atoms with Gasteiger partial charge in [-0.05, 0) is 19.1 Å². The number of alkyl halides is 4. The summed E-state index contributed by atoms with van der Waals surface area (Å²) in [7, 11) is 0. The minimum Gasteiger partial charge on any atom is -0.324 e. The van der Waals surface area contributed by atoms with Crippen LogP contribution >= 0.6 is 15.9 Å². The van der Waals surface area contributed by atoms with Gasteiger partial charge in [0.2, 0.25) is 5.91 Å². The molecule has 1 amide bonds. The number of nitrogens with one attached hydrogen (secondary N) is 1. The molecule has 0 aliphatic heterocycles. The Labute approximate surface area is 98.2 Å². The maximum absolute atomic E-state index is 12.3. The van der Waals surface area contributed by atoms with E-state index < -0.39 is 11.9 Å². The highest BCUT2D eigenvalue weighted by Gasteiger charge is 2.32. The van der Waals surface area contributed by atoms with Gasteiger partial charge in [0.05, 0.1) is 16.7 Å². The number of halogens is 4. The summed E-state index contributed by atoms with van der Waals surface area (Å²) in [6, 6.07) is 2.02. The number of hydrogen-bond acceptors (Lipinski definition) is 2. The minimum absolute atomic E-state index is 0.0768. The SMILES string of the molecule is Cc1nc(C(F)(F)F)ccc1NC(=O)CBr. The lowest BCUT2D eigenvalue weighted by atomic mass is 10.2. The molecule has 1 heterocycles. The zero-order chi connectivity index (χ0) is 12.3. The van der Waals surface area contributed by atoms with Crippen LogP contribution in [0.25, 0.3) is 0 Å². The van der Waals surface area contributed by atoms with Crippen LogP contribution in [0.5, 0.6) is 0 Å². The number of aromatic nitrogens is 1. The van der Waals surface area contributed by atoms with E-state index in [1.54, 1.807) is 0 Å². The lowest BCUT2D eigenvalue weighted by Gasteiger charge is -2.10. The molecule has 0 atom stereocenters. The molecule has 0 aromatic carbocycles. The van der Waals surface area contributed by atoms with E-state index in [0.717, 1.165) is 6.07 Å². The molecule has 0 radical (unpaired) electrons. The fraction of sp³-hybridized carbons (Fsp3) is 0.333. The Bertz CT molecular complexity index is 406. The predicted molar refractivity (Wildman–Crippen MR) is 56.4 cm³/mol. The molecular weight excluding hydrogens is 289 g/mol. The van der Waals surface area contributed by atoms with E-state index in [1.165, 1.54) is 13.0 Å². The summed E-state index contributed by atoms with van der Waals surface area (Å²) >= 11 is 2.93. The van der Waals surface area contributed by atoms with Gasteiger partial charge in [-0.15, -0.1) is 0 Å². The van der Waals surface area contributed by atoms with Gasteiger partial charge in [0.1, 0.15) is 5.69 Å². The number of carbonyl (C=O) groups is 1. The number of rotatable bonds is 2. The molecule has 7 heteroatoms. The highest BCUT2D eigenvalue weighted by molar-refractivity contribution is 9.09. The van der Waals surface area contributed by atoms with Crippen molar-refractivity contribution in [3.05, 3.63) is 23.5 Å². The second-order valence-corrected chi connectivity index (χ2v) is 3.57. The predicted octanol–water partition coefficient (Wildman–Crippen LogP) is 2.74. The van der Waals surface area contributed by atoms with Crippen LogP contribution in [0.15, 0.2) is 12.1 Å². The Morgan fingerprint density at radius 2 is 2.12 bits per heavy atom. The van der Waals surface area contributed by atoms with Crippen molar-refractivity contribution in [2.45, 2.75) is 13.1 Å². The van der Waals surface area contributed by atoms with Crippen LogP contribution < -0.4 is 5.32 Å². The monoisotopic (exact) mass is 296 g/mol. The molecule has 0 saturated heterocycles. The third-order valence-corrected chi connectivity index (χ3v) is 2.28. The molecule has 1 aromatic heterocycles. The molecule has 0 aliphatic rings. The highest BCUT2D eigenvalue weighted by atomic mass is 79.9. The van der Waals surface area contributed by atoms with Crippen molar-refractivity contribution >= 4 is 27.5 Å². The molecule has 0 aliphatic carbocycles. The normalized spacial score (nSPS) is 11.3. The van der Waals surface area contributed by atoms with Gasteiger partial charge >= 0.3 is 6.18 Å². The summed E-state index contributed by atoms with van der Waals surface area (Å²) in [4.78, 5) is 14.4. The Morgan fingerprint density at radius 1 is 1.50 bits per heavy atom. The quantitative estimate of drug-likeness (QED) is 0.853. The Hall–Kier alpha value is -1.11. The summed E-state index contributed by atoms with van der Waals surface area (Å²) in [5.74, 6) is -0.343. The van der Waals surface area contributed by atoms with Crippen LogP contribution in [-0.2, 0) is 11.0 Å². The van der Waals surface area contributed by atoms with Gasteiger partial charge in [-0.3, -0.25) is 4.79 Å². The maximum Gasteiger partial charge on any atom is 0.433 e. The number of nitrogens with zero attached hydrogens (tertiary/aromatic N) is 1. The molecule has 0 bridgehead atoms. The first-order valence-corrected chi connectivity index (χ1v) is 5.37. The Morgan fingerprint density at radius 3 is 2.56 bits per heavy atom. The lowest BCUT2D eigenvalue weighted by Crippen LogP contribution is -2.15. The van der Waals surface area contributed by atoms with E-state index in [9.17, 15) is 18.0 Å². The fourth-order valence-corrected chi connectivity index (χ4v) is 1.17. The standard InChI is InChI=1S/C9H8BrF3N2O/c1-5-6(15-8(16)4-10)2-3-7(14-5)9(11,12)13/h2-3H,4H2,1H3,(H,15,16). The molecule has 1 N–H and O–H groups in total. The van der Waals surface area contributed by atoms with E-state index in [-0.39, 0.29) is 22.6 Å². The van der Waals surface area contributed by atoms with Crippen molar-refractivity contribution in [2.24, 2.45) is 0 Å². The summed E-state index contributed by atoms with van der Waals surface area (Å²) < 4.78 is 36.8. The van der Waals surface area contributed by atoms with Crippen molar-refractivity contribution in [3.8, 4) is 0 Å². The highest BCUT2D eigenvalue weighted by Crippen LogP contribution is 2.29. The van der Waals surface area contributed by atoms with Crippen LogP contribution in [0.1, 0.15) is 11.4 Å². The van der Waals surface area contributed by atoms with Crippen LogP contribution in [0, 0.1) is 6.92 Å². The first-order valence-electron chi connectivity index (χ1n) is 4.25. The third kappa shape index (κ3) is 3.19. The van der Waals surface area contributed by atoms with E-state index in [0.29, 0.717) is 0 Å². The number of carbonyl (C=O) groups excluding carboxylic acids is 1. The summed E-state index contributed by atoms with van der Waals surface area (Å²) in [5, 5.41) is 2.50. The van der Waals surface area contributed by atoms with Crippen LogP contribution in [0.4, 0.5) is 18.9 Å². The van der Waals surface area contributed by atoms with Gasteiger partial charge in [0, 0.05) is 0 Å². The van der Waals surface area contributed by atoms with Gasteiger partial charge in [-0.2, -0.15) is 13.2 Å². The fourth-order valence-electron chi connectivity index (χ4n) is 1.03. The zero-order valence-corrected chi connectivity index (χ0v) is 9.82. The smallest absolute Gasteiger partial charge is 0.324 e. The molecule has 1 aromatic rings. The molecule has 16 heavy (non-hydrogen) atoms. The van der Waals surface area contributed by atoms with Gasteiger partial charge in [0.25, 0.3) is 0 Å². The van der Waals surface area contributed by atoms with Gasteiger partial charge in [-0.1, -0.05) is 15.9 Å². The number of pyridine rings is 1. The number of anilines is 1. The van der Waals surface area contributed by atoms with E-state index in [1.807, 2.05) is 0 Å². The molecular formula is C9H8BrF3N2O. The van der Waals surface area contributed by atoms with Crippen molar-refractivity contribution in [3.63, 3.8) is 0 Å². The van der Waals surface area contributed by atoms with Crippen LogP contribution in [0.3, 0.4) is 0 Å². The van der Waals surface area contributed by atoms with E-state index >= 15 is 0 Å². The number of amides is 1. The summed E-state index contributed by atoms with van der Waals surface area (Å²) in [5.41, 5.74) is -0.566. The average Bonchev–Trinajstić information content (AvgIpc) is 2.19. The molecule has 88 valence electrons. The van der Waals surface area contributed by atoms with E-state index in [4.69, 9.17) is 0 Å². The number of hydrogen-bond donors (Lipinski definition) is 1. The minimum atomic E-state index is -4.47. The summed E-state index contributed by atoms with van der Waals surface area (Å²) in [6.45, 7) is 1.40. The Kier molecular flexibility index (Phi) is 3.90. The third-order valence-electron chi connectivity index (χ3n) is 1.77. The molecule has 0 unspecified atom stereocenters. The largest absolute Gasteiger partial charge is 0.433 e. The van der Waals surface area contributed by atoms with Gasteiger partial charge in [-0.25, -0.2) is 4.98 Å². The average molecular weight is 297 g/mol.